The molecule has 274 valence electrons. The van der Waals surface area contributed by atoms with Gasteiger partial charge in [0.25, 0.3) is 0 Å². The summed E-state index contributed by atoms with van der Waals surface area (Å²) in [5.74, 6) is 0. The van der Waals surface area contributed by atoms with E-state index in [2.05, 4.69) is 162 Å². The summed E-state index contributed by atoms with van der Waals surface area (Å²) in [5.41, 5.74) is 15.1. The Kier molecular flexibility index (Phi) is 10.4. The summed E-state index contributed by atoms with van der Waals surface area (Å²) in [6.45, 7) is 14.0. The van der Waals surface area contributed by atoms with Crippen LogP contribution in [0.3, 0.4) is 0 Å². The van der Waals surface area contributed by atoms with Crippen molar-refractivity contribution in [1.29, 1.82) is 0 Å². The summed E-state index contributed by atoms with van der Waals surface area (Å²) in [5, 5.41) is 5.16. The molecule has 2 unspecified atom stereocenters. The fourth-order valence-corrected chi connectivity index (χ4v) is 39.2. The van der Waals surface area contributed by atoms with E-state index in [1.807, 2.05) is 0 Å². The fourth-order valence-electron chi connectivity index (χ4n) is 10.0. The van der Waals surface area contributed by atoms with Crippen LogP contribution in [0.5, 0.6) is 0 Å². The number of unbranched alkanes of at least 4 members (excludes halogenated alkanes) is 2. The first-order valence-corrected chi connectivity index (χ1v) is 35.5. The topological polar surface area (TPSA) is 0 Å². The van der Waals surface area contributed by atoms with Gasteiger partial charge in [0.15, 0.2) is 0 Å². The van der Waals surface area contributed by atoms with Crippen molar-refractivity contribution in [2.24, 2.45) is 0 Å². The van der Waals surface area contributed by atoms with Gasteiger partial charge in [0, 0.05) is 0 Å². The molecular formula is C50H52Cl2SiZr. The molecular weight excluding hydrogens is 791 g/mol. The van der Waals surface area contributed by atoms with Crippen LogP contribution in [-0.4, -0.2) is 5.43 Å². The first-order valence-electron chi connectivity index (χ1n) is 20.1. The minimum atomic E-state index is -5.01. The average molecular weight is 843 g/mol. The first kappa shape index (κ1) is 37.9. The molecule has 54 heavy (non-hydrogen) atoms. The van der Waals surface area contributed by atoms with Crippen molar-refractivity contribution in [3.05, 3.63) is 154 Å². The van der Waals surface area contributed by atoms with E-state index in [1.54, 1.807) is 0 Å². The molecule has 0 aromatic heterocycles. The molecule has 0 spiro atoms. The number of hydrogen-bond acceptors (Lipinski definition) is 0. The fraction of sp³-hybridized carbons (Fsp3) is 0.280. The summed E-state index contributed by atoms with van der Waals surface area (Å²) >= 11 is -5.01. The van der Waals surface area contributed by atoms with Crippen molar-refractivity contribution in [3.8, 4) is 22.3 Å². The van der Waals surface area contributed by atoms with Gasteiger partial charge in [-0.1, -0.05) is 0 Å². The maximum absolute atomic E-state index is 8.93. The van der Waals surface area contributed by atoms with E-state index in [4.69, 9.17) is 17.0 Å². The molecule has 2 atom stereocenters. The van der Waals surface area contributed by atoms with Crippen molar-refractivity contribution in [1.82, 2.24) is 0 Å². The molecule has 0 saturated heterocycles. The third-order valence-electron chi connectivity index (χ3n) is 12.8. The zero-order chi connectivity index (χ0) is 37.8. The van der Waals surface area contributed by atoms with Crippen LogP contribution in [0.15, 0.2) is 120 Å². The molecule has 2 aliphatic carbocycles. The van der Waals surface area contributed by atoms with Crippen LogP contribution in [0.4, 0.5) is 0 Å². The second kappa shape index (κ2) is 14.8. The molecule has 6 aromatic carbocycles. The molecule has 0 aliphatic heterocycles. The number of hydrogen-bond donors (Lipinski definition) is 0. The number of rotatable bonds is 10. The maximum atomic E-state index is 8.93. The zero-order valence-corrected chi connectivity index (χ0v) is 37.7. The Morgan fingerprint density at radius 1 is 0.537 bits per heavy atom. The van der Waals surface area contributed by atoms with Crippen molar-refractivity contribution in [2.75, 3.05) is 0 Å². The Morgan fingerprint density at radius 3 is 1.37 bits per heavy atom. The normalized spacial score (nSPS) is 16.8. The van der Waals surface area contributed by atoms with Crippen molar-refractivity contribution in [3.63, 3.8) is 0 Å². The third kappa shape index (κ3) is 6.02. The molecule has 0 N–H and O–H groups in total. The third-order valence-corrected chi connectivity index (χ3v) is 59.3. The Bertz CT molecular complexity index is 2430. The van der Waals surface area contributed by atoms with Crippen LogP contribution >= 0.6 is 17.0 Å². The number of allylic oxidation sites excluding steroid dienone is 2. The van der Waals surface area contributed by atoms with E-state index < -0.39 is 20.4 Å². The summed E-state index contributed by atoms with van der Waals surface area (Å²) in [6.07, 6.45) is 11.7. The number of halogens is 2. The first-order chi connectivity index (χ1) is 26.1. The van der Waals surface area contributed by atoms with Gasteiger partial charge in [-0.15, -0.1) is 0 Å². The van der Waals surface area contributed by atoms with Crippen LogP contribution in [0, 0.1) is 13.8 Å². The van der Waals surface area contributed by atoms with E-state index in [9.17, 15) is 0 Å². The van der Waals surface area contributed by atoms with E-state index in [0.29, 0.717) is 0 Å². The van der Waals surface area contributed by atoms with Crippen LogP contribution in [-0.2, 0) is 15.0 Å². The molecule has 0 heterocycles. The Labute approximate surface area is 331 Å². The van der Waals surface area contributed by atoms with Gasteiger partial charge < -0.3 is 0 Å². The predicted molar refractivity (Wildman–Crippen MR) is 238 cm³/mol. The molecule has 8 rings (SSSR count). The van der Waals surface area contributed by atoms with Gasteiger partial charge in [-0.3, -0.25) is 0 Å². The van der Waals surface area contributed by atoms with Gasteiger partial charge >= 0.3 is 334 Å². The second-order valence-electron chi connectivity index (χ2n) is 16.2. The number of aryl methyl sites for hydroxylation is 2. The van der Waals surface area contributed by atoms with Crippen LogP contribution in [0.1, 0.15) is 93.0 Å². The van der Waals surface area contributed by atoms with Crippen LogP contribution in [0.25, 0.3) is 56.0 Å². The summed E-state index contributed by atoms with van der Waals surface area (Å²) in [4.78, 5) is 0. The predicted octanol–water partition coefficient (Wildman–Crippen LogP) is 16.1. The summed E-state index contributed by atoms with van der Waals surface area (Å²) in [6, 6.07) is 40.8. The molecule has 4 heteroatoms. The molecule has 0 nitrogen and oxygen atoms in total. The van der Waals surface area contributed by atoms with E-state index >= 15 is 0 Å². The molecule has 0 bridgehead atoms. The van der Waals surface area contributed by atoms with Crippen LogP contribution in [0.2, 0.25) is 13.1 Å². The van der Waals surface area contributed by atoms with Crippen molar-refractivity contribution in [2.45, 2.75) is 86.6 Å². The molecule has 2 aliphatic rings. The monoisotopic (exact) mass is 840 g/mol. The molecule has 0 saturated carbocycles. The quantitative estimate of drug-likeness (QED) is 0.121. The average Bonchev–Trinajstić information content (AvgIpc) is 3.76. The second-order valence-corrected chi connectivity index (χ2v) is 55.0. The van der Waals surface area contributed by atoms with E-state index in [0.717, 1.165) is 38.5 Å². The standard InChI is InChI=1S/2C24H23.C2H6Si.2ClH.Zr/c2*1-3-4-8-18-15-20-10-7-12-22(23(20)16-18)24-17(2)13-14-19-9-5-6-11-21(19)24;1-3-2;;;/h2*5-7,9-16H,3-4,8H2,1-2H3;1-2H3;2*1H;/q;;;;;+2/p-2. The van der Waals surface area contributed by atoms with Crippen molar-refractivity contribution < 1.29 is 15.0 Å². The number of benzene rings is 6. The summed E-state index contributed by atoms with van der Waals surface area (Å²) < 4.78 is 0.138. The van der Waals surface area contributed by atoms with E-state index in [1.165, 1.54) is 88.3 Å². The Balaban J connectivity index is 1.39. The number of fused-ring (bicyclic) bond motifs is 4. The van der Waals surface area contributed by atoms with Crippen LogP contribution < -0.4 is 0 Å². The SMILES string of the molecule is CCCCC1=Cc2c(-c3c(C)ccc4ccccc34)cccc2[CH]1[Zr]([Cl])([Cl])([CH]1C(CCCC)=Cc2c(-c3c(C)ccc4ccccc34)cccc21)=[Si](C)C. The van der Waals surface area contributed by atoms with Gasteiger partial charge in [0.1, 0.15) is 0 Å². The van der Waals surface area contributed by atoms with Gasteiger partial charge in [0.2, 0.25) is 0 Å². The zero-order valence-electron chi connectivity index (χ0n) is 32.7. The minimum absolute atomic E-state index is 0.0689. The molecule has 0 radical (unpaired) electrons. The molecule has 0 amide bonds. The molecule has 6 aromatic rings. The van der Waals surface area contributed by atoms with Gasteiger partial charge in [-0.25, -0.2) is 0 Å². The van der Waals surface area contributed by atoms with E-state index in [-0.39, 0.29) is 7.25 Å². The Hall–Kier alpha value is -3.00. The molecule has 0 fully saturated rings. The summed E-state index contributed by atoms with van der Waals surface area (Å²) in [7, 11) is 17.9. The Morgan fingerprint density at radius 2 is 0.963 bits per heavy atom. The van der Waals surface area contributed by atoms with Gasteiger partial charge in [0.05, 0.1) is 0 Å². The van der Waals surface area contributed by atoms with Gasteiger partial charge in [-0.2, -0.15) is 0 Å². The van der Waals surface area contributed by atoms with Gasteiger partial charge in [-0.05, 0) is 0 Å². The van der Waals surface area contributed by atoms with Crippen molar-refractivity contribution >= 4 is 56.2 Å².